The molecule has 3 rings (SSSR count). The topological polar surface area (TPSA) is 55.1 Å². The van der Waals surface area contributed by atoms with E-state index < -0.39 is 0 Å². The maximum absolute atomic E-state index is 4.47. The molecule has 2 aromatic heterocycles. The van der Waals surface area contributed by atoms with Crippen LogP contribution < -0.4 is 5.32 Å². The van der Waals surface area contributed by atoms with E-state index in [0.717, 1.165) is 23.6 Å². The number of aryl methyl sites for hydroxylation is 1. The second-order valence-electron chi connectivity index (χ2n) is 4.77. The molecule has 1 aromatic carbocycles. The fourth-order valence-electron chi connectivity index (χ4n) is 2.40. The van der Waals surface area contributed by atoms with Crippen LogP contribution in [0.2, 0.25) is 0 Å². The summed E-state index contributed by atoms with van der Waals surface area (Å²) >= 11 is 0. The fraction of sp³-hybridized carbons (Fsp3) is 0.267. The highest BCUT2D eigenvalue weighted by molar-refractivity contribution is 5.44. The van der Waals surface area contributed by atoms with Gasteiger partial charge in [-0.15, -0.1) is 10.2 Å². The van der Waals surface area contributed by atoms with Gasteiger partial charge in [-0.1, -0.05) is 30.3 Å². The van der Waals surface area contributed by atoms with Crippen molar-refractivity contribution < 1.29 is 0 Å². The van der Waals surface area contributed by atoms with E-state index in [1.807, 2.05) is 30.6 Å². The summed E-state index contributed by atoms with van der Waals surface area (Å²) in [5.74, 6) is 0.879. The lowest BCUT2D eigenvalue weighted by Crippen LogP contribution is -2.19. The Morgan fingerprint density at radius 1 is 1.20 bits per heavy atom. The molecule has 1 atom stereocenters. The Bertz CT molecular complexity index is 705. The molecule has 0 aliphatic heterocycles. The van der Waals surface area contributed by atoms with Crippen LogP contribution in [0, 0.1) is 6.92 Å². The number of likely N-dealkylation sites (N-methyl/N-ethyl adjacent to an activating group) is 1. The van der Waals surface area contributed by atoms with Gasteiger partial charge in [-0.25, -0.2) is 0 Å². The summed E-state index contributed by atoms with van der Waals surface area (Å²) in [4.78, 5) is 4.47. The molecule has 0 saturated heterocycles. The number of nitrogens with zero attached hydrogens (tertiary/aromatic N) is 4. The smallest absolute Gasteiger partial charge is 0.182 e. The van der Waals surface area contributed by atoms with Crippen LogP contribution in [-0.2, 0) is 6.42 Å². The molecular weight excluding hydrogens is 250 g/mol. The molecule has 5 nitrogen and oxygen atoms in total. The highest BCUT2D eigenvalue weighted by atomic mass is 15.2. The van der Waals surface area contributed by atoms with Crippen molar-refractivity contribution in [2.24, 2.45) is 0 Å². The van der Waals surface area contributed by atoms with Crippen LogP contribution in [0.4, 0.5) is 0 Å². The molecule has 0 radical (unpaired) electrons. The van der Waals surface area contributed by atoms with Crippen LogP contribution in [-0.4, -0.2) is 26.6 Å². The molecule has 0 aliphatic carbocycles. The highest BCUT2D eigenvalue weighted by Gasteiger charge is 2.14. The second-order valence-corrected chi connectivity index (χ2v) is 4.77. The van der Waals surface area contributed by atoms with E-state index in [-0.39, 0.29) is 6.04 Å². The monoisotopic (exact) mass is 267 g/mol. The molecule has 0 aliphatic rings. The lowest BCUT2D eigenvalue weighted by molar-refractivity contribution is 0.585. The number of hydrogen-bond acceptors (Lipinski definition) is 4. The number of hydrogen-bond donors (Lipinski definition) is 1. The summed E-state index contributed by atoms with van der Waals surface area (Å²) < 4.78 is 1.97. The highest BCUT2D eigenvalue weighted by Crippen LogP contribution is 2.19. The molecule has 0 saturated carbocycles. The first-order chi connectivity index (χ1) is 9.79. The molecule has 0 amide bonds. The minimum atomic E-state index is 0.215. The van der Waals surface area contributed by atoms with Crippen molar-refractivity contribution in [3.05, 3.63) is 59.8 Å². The summed E-state index contributed by atoms with van der Waals surface area (Å²) in [5, 5.41) is 11.7. The van der Waals surface area contributed by atoms with Gasteiger partial charge in [0.05, 0.1) is 5.69 Å². The Morgan fingerprint density at radius 3 is 2.75 bits per heavy atom. The summed E-state index contributed by atoms with van der Waals surface area (Å²) in [7, 11) is 1.97. The molecule has 1 N–H and O–H groups in total. The van der Waals surface area contributed by atoms with Gasteiger partial charge in [0.15, 0.2) is 5.65 Å². The maximum Gasteiger partial charge on any atom is 0.182 e. The van der Waals surface area contributed by atoms with E-state index in [0.29, 0.717) is 0 Å². The molecule has 2 heterocycles. The molecule has 0 fully saturated rings. The summed E-state index contributed by atoms with van der Waals surface area (Å²) in [6, 6.07) is 10.6. The third-order valence-electron chi connectivity index (χ3n) is 3.52. The number of fused-ring (bicyclic) bond motifs is 1. The Kier molecular flexibility index (Phi) is 3.43. The van der Waals surface area contributed by atoms with Crippen molar-refractivity contribution in [2.45, 2.75) is 19.4 Å². The molecule has 5 heteroatoms. The zero-order valence-corrected chi connectivity index (χ0v) is 11.6. The third kappa shape index (κ3) is 2.28. The molecular formula is C15H17N5. The average Bonchev–Trinajstić information content (AvgIpc) is 2.88. The van der Waals surface area contributed by atoms with Crippen molar-refractivity contribution in [1.82, 2.24) is 24.9 Å². The van der Waals surface area contributed by atoms with Gasteiger partial charge in [0.25, 0.3) is 0 Å². The molecule has 1 unspecified atom stereocenters. The van der Waals surface area contributed by atoms with Crippen molar-refractivity contribution in [3.8, 4) is 0 Å². The Hall–Kier alpha value is -2.27. The Morgan fingerprint density at radius 2 is 2.00 bits per heavy atom. The second kappa shape index (κ2) is 5.38. The van der Waals surface area contributed by atoms with Gasteiger partial charge < -0.3 is 5.32 Å². The zero-order chi connectivity index (χ0) is 13.9. The van der Waals surface area contributed by atoms with Crippen LogP contribution in [0.25, 0.3) is 5.65 Å². The van der Waals surface area contributed by atoms with Gasteiger partial charge in [0, 0.05) is 24.9 Å². The predicted molar refractivity (Wildman–Crippen MR) is 77.5 cm³/mol. The van der Waals surface area contributed by atoms with E-state index in [2.05, 4.69) is 44.8 Å². The minimum Gasteiger partial charge on any atom is -0.313 e. The van der Waals surface area contributed by atoms with Crippen LogP contribution in [0.15, 0.2) is 42.7 Å². The largest absolute Gasteiger partial charge is 0.313 e. The molecule has 20 heavy (non-hydrogen) atoms. The van der Waals surface area contributed by atoms with Crippen LogP contribution >= 0.6 is 0 Å². The predicted octanol–water partition coefficient (Wildman–Crippen LogP) is 1.94. The van der Waals surface area contributed by atoms with E-state index in [1.54, 1.807) is 6.20 Å². The molecule has 0 bridgehead atoms. The number of nitrogens with one attached hydrogen (secondary N) is 1. The van der Waals surface area contributed by atoms with Crippen LogP contribution in [0.3, 0.4) is 0 Å². The van der Waals surface area contributed by atoms with Gasteiger partial charge in [0.1, 0.15) is 5.82 Å². The lowest BCUT2D eigenvalue weighted by Gasteiger charge is -2.16. The van der Waals surface area contributed by atoms with E-state index in [4.69, 9.17) is 0 Å². The van der Waals surface area contributed by atoms with Gasteiger partial charge in [-0.05, 0) is 19.5 Å². The number of rotatable bonds is 4. The zero-order valence-electron chi connectivity index (χ0n) is 11.6. The number of benzene rings is 1. The standard InChI is InChI=1S/C15H17N5/c1-11-18-19-15-14(17-8-9-20(11)15)10-13(16-2)12-6-4-3-5-7-12/h3-9,13,16H,10H2,1-2H3. The average molecular weight is 267 g/mol. The molecule has 102 valence electrons. The van der Waals surface area contributed by atoms with Crippen molar-refractivity contribution >= 4 is 5.65 Å². The maximum atomic E-state index is 4.47. The Labute approximate surface area is 117 Å². The first-order valence-electron chi connectivity index (χ1n) is 6.67. The minimum absolute atomic E-state index is 0.215. The lowest BCUT2D eigenvalue weighted by atomic mass is 10.0. The van der Waals surface area contributed by atoms with Crippen molar-refractivity contribution in [1.29, 1.82) is 0 Å². The van der Waals surface area contributed by atoms with Gasteiger partial charge in [-0.2, -0.15) is 0 Å². The van der Waals surface area contributed by atoms with Gasteiger partial charge in [-0.3, -0.25) is 9.38 Å². The van der Waals surface area contributed by atoms with E-state index in [9.17, 15) is 0 Å². The third-order valence-corrected chi connectivity index (χ3v) is 3.52. The van der Waals surface area contributed by atoms with Gasteiger partial charge >= 0.3 is 0 Å². The van der Waals surface area contributed by atoms with E-state index in [1.165, 1.54) is 5.56 Å². The quantitative estimate of drug-likeness (QED) is 0.785. The first kappa shape index (κ1) is 12.7. The summed E-state index contributed by atoms with van der Waals surface area (Å²) in [5.41, 5.74) is 3.03. The van der Waals surface area contributed by atoms with Gasteiger partial charge in [0.2, 0.25) is 0 Å². The molecule has 3 aromatic rings. The van der Waals surface area contributed by atoms with Crippen molar-refractivity contribution in [2.75, 3.05) is 7.05 Å². The fourth-order valence-corrected chi connectivity index (χ4v) is 2.40. The van der Waals surface area contributed by atoms with Crippen LogP contribution in [0.5, 0.6) is 0 Å². The SMILES string of the molecule is CNC(Cc1nccn2c(C)nnc12)c1ccccc1. The van der Waals surface area contributed by atoms with Crippen LogP contribution in [0.1, 0.15) is 23.1 Å². The summed E-state index contributed by atoms with van der Waals surface area (Å²) in [6.45, 7) is 1.94. The first-order valence-corrected chi connectivity index (χ1v) is 6.67. The van der Waals surface area contributed by atoms with Crippen molar-refractivity contribution in [3.63, 3.8) is 0 Å². The Balaban J connectivity index is 1.96. The van der Waals surface area contributed by atoms with E-state index >= 15 is 0 Å². The number of aromatic nitrogens is 4. The molecule has 0 spiro atoms. The normalized spacial score (nSPS) is 12.7. The summed E-state index contributed by atoms with van der Waals surface area (Å²) in [6.07, 6.45) is 4.48.